The molecule has 116 valence electrons. The van der Waals surface area contributed by atoms with Crippen LogP contribution in [0.1, 0.15) is 33.6 Å². The number of nitrogens with two attached hydrogens (primary N) is 1. The molecule has 1 rings (SSSR count). The monoisotopic (exact) mass is 303 g/mol. The molecule has 0 aliphatic rings. The van der Waals surface area contributed by atoms with Crippen LogP contribution >= 0.6 is 0 Å². The van der Waals surface area contributed by atoms with Gasteiger partial charge >= 0.3 is 8.80 Å². The van der Waals surface area contributed by atoms with Crippen molar-refractivity contribution in [1.29, 1.82) is 0 Å². The molecule has 0 aromatic carbocycles. The lowest BCUT2D eigenvalue weighted by Crippen LogP contribution is -2.45. The summed E-state index contributed by atoms with van der Waals surface area (Å²) in [5.74, 6) is 0.201. The summed E-state index contributed by atoms with van der Waals surface area (Å²) in [5.41, 5.74) is 5.41. The minimum Gasteiger partial charge on any atom is -0.374 e. The number of rotatable bonds is 11. The molecule has 0 unspecified atom stereocenters. The topological polar surface area (TPSA) is 97.3 Å². The van der Waals surface area contributed by atoms with Crippen LogP contribution in [0.2, 0.25) is 6.04 Å². The Morgan fingerprint density at radius 3 is 2.10 bits per heavy atom. The van der Waals surface area contributed by atoms with Gasteiger partial charge in [0.25, 0.3) is 5.95 Å². The minimum atomic E-state index is -2.52. The minimum absolute atomic E-state index is 0.201. The van der Waals surface area contributed by atoms with Gasteiger partial charge in [-0.2, -0.15) is 4.80 Å². The van der Waals surface area contributed by atoms with Crippen molar-refractivity contribution in [1.82, 2.24) is 20.2 Å². The highest BCUT2D eigenvalue weighted by molar-refractivity contribution is 6.60. The first kappa shape index (κ1) is 17.0. The van der Waals surface area contributed by atoms with E-state index in [1.54, 1.807) is 0 Å². The lowest BCUT2D eigenvalue weighted by Gasteiger charge is -2.28. The normalized spacial score (nSPS) is 11.9. The molecule has 0 saturated carbocycles. The molecule has 0 fully saturated rings. The number of nitrogens with zero attached hydrogens (tertiary/aromatic N) is 4. The molecular weight excluding hydrogens is 278 g/mol. The summed E-state index contributed by atoms with van der Waals surface area (Å²) in [6.07, 6.45) is 1.82. The van der Waals surface area contributed by atoms with Crippen LogP contribution in [0, 0.1) is 0 Å². The van der Waals surface area contributed by atoms with E-state index < -0.39 is 8.80 Å². The average Bonchev–Trinajstić information content (AvgIpc) is 2.82. The maximum atomic E-state index is 5.79. The van der Waals surface area contributed by atoms with E-state index in [0.29, 0.717) is 26.4 Å². The molecule has 1 aromatic rings. The molecule has 2 N–H and O–H groups in total. The average molecular weight is 303 g/mol. The number of unbranched alkanes of at least 4 members (excludes halogenated alkanes) is 1. The number of hydrogen-bond acceptors (Lipinski definition) is 7. The van der Waals surface area contributed by atoms with Gasteiger partial charge in [-0.3, -0.25) is 0 Å². The van der Waals surface area contributed by atoms with Crippen LogP contribution in [-0.4, -0.2) is 48.8 Å². The van der Waals surface area contributed by atoms with Gasteiger partial charge in [-0.25, -0.2) is 0 Å². The second-order valence-electron chi connectivity index (χ2n) is 4.18. The van der Waals surface area contributed by atoms with Crippen molar-refractivity contribution in [2.75, 3.05) is 25.6 Å². The zero-order valence-corrected chi connectivity index (χ0v) is 13.5. The Labute approximate surface area is 120 Å². The highest BCUT2D eigenvalue weighted by atomic mass is 28.4. The molecule has 20 heavy (non-hydrogen) atoms. The van der Waals surface area contributed by atoms with E-state index in [4.69, 9.17) is 19.0 Å². The maximum Gasteiger partial charge on any atom is 0.500 e. The summed E-state index contributed by atoms with van der Waals surface area (Å²) in [6.45, 7) is 8.37. The summed E-state index contributed by atoms with van der Waals surface area (Å²) in [4.78, 5) is 1.50. The highest BCUT2D eigenvalue weighted by Gasteiger charge is 2.39. The molecule has 8 nitrogen and oxygen atoms in total. The number of aryl methyl sites for hydroxylation is 1. The second-order valence-corrected chi connectivity index (χ2v) is 6.91. The molecular formula is C11H25N5O3Si. The van der Waals surface area contributed by atoms with Crippen LogP contribution in [0.5, 0.6) is 0 Å². The SMILES string of the molecule is CCO[Si](CCCCn1nnc(N)n1)(OCC)OCC. The molecule has 0 bridgehead atoms. The Balaban J connectivity index is 2.40. The molecule has 1 heterocycles. The van der Waals surface area contributed by atoms with Gasteiger partial charge in [-0.1, -0.05) is 5.10 Å². The third-order valence-corrected chi connectivity index (χ3v) is 5.80. The Morgan fingerprint density at radius 1 is 1.05 bits per heavy atom. The van der Waals surface area contributed by atoms with Crippen molar-refractivity contribution in [3.8, 4) is 0 Å². The van der Waals surface area contributed by atoms with Crippen LogP contribution in [0.15, 0.2) is 0 Å². The van der Waals surface area contributed by atoms with Gasteiger partial charge in [0.2, 0.25) is 0 Å². The molecule has 0 aliphatic heterocycles. The van der Waals surface area contributed by atoms with Crippen molar-refractivity contribution >= 4 is 14.8 Å². The number of tetrazole rings is 1. The molecule has 0 aliphatic carbocycles. The number of nitrogen functional groups attached to an aromatic ring is 1. The van der Waals surface area contributed by atoms with E-state index in [-0.39, 0.29) is 5.95 Å². The van der Waals surface area contributed by atoms with Gasteiger partial charge in [0.15, 0.2) is 0 Å². The first-order chi connectivity index (χ1) is 9.65. The molecule has 0 spiro atoms. The highest BCUT2D eigenvalue weighted by Crippen LogP contribution is 2.19. The van der Waals surface area contributed by atoms with E-state index in [9.17, 15) is 0 Å². The fraction of sp³-hybridized carbons (Fsp3) is 0.909. The summed E-state index contributed by atoms with van der Waals surface area (Å²) in [7, 11) is -2.52. The van der Waals surface area contributed by atoms with Crippen LogP contribution in [0.3, 0.4) is 0 Å². The van der Waals surface area contributed by atoms with Gasteiger partial charge in [0.1, 0.15) is 0 Å². The fourth-order valence-electron chi connectivity index (χ4n) is 1.95. The van der Waals surface area contributed by atoms with Gasteiger partial charge in [0, 0.05) is 25.9 Å². The zero-order chi connectivity index (χ0) is 14.8. The van der Waals surface area contributed by atoms with Crippen molar-refractivity contribution in [2.24, 2.45) is 0 Å². The lowest BCUT2D eigenvalue weighted by atomic mass is 10.3. The van der Waals surface area contributed by atoms with Crippen LogP contribution in [0.25, 0.3) is 0 Å². The van der Waals surface area contributed by atoms with E-state index in [1.165, 1.54) is 4.80 Å². The third kappa shape index (κ3) is 5.53. The summed E-state index contributed by atoms with van der Waals surface area (Å²) in [6, 6.07) is 0.798. The van der Waals surface area contributed by atoms with Crippen LogP contribution in [-0.2, 0) is 19.8 Å². The Bertz CT molecular complexity index is 360. The molecule has 1 aromatic heterocycles. The Morgan fingerprint density at radius 2 is 1.65 bits per heavy atom. The molecule has 0 radical (unpaired) electrons. The number of hydrogen-bond donors (Lipinski definition) is 1. The van der Waals surface area contributed by atoms with Gasteiger partial charge in [-0.15, -0.1) is 5.10 Å². The summed E-state index contributed by atoms with van der Waals surface area (Å²) >= 11 is 0. The van der Waals surface area contributed by atoms with Gasteiger partial charge in [-0.05, 0) is 38.8 Å². The van der Waals surface area contributed by atoms with Crippen molar-refractivity contribution in [2.45, 2.75) is 46.2 Å². The first-order valence-electron chi connectivity index (χ1n) is 7.11. The summed E-state index contributed by atoms with van der Waals surface area (Å²) in [5, 5.41) is 11.4. The zero-order valence-electron chi connectivity index (χ0n) is 12.5. The molecule has 0 atom stereocenters. The summed E-state index contributed by atoms with van der Waals surface area (Å²) < 4.78 is 17.4. The largest absolute Gasteiger partial charge is 0.500 e. The fourth-order valence-corrected chi connectivity index (χ4v) is 4.63. The second kappa shape index (κ2) is 9.00. The predicted octanol–water partition coefficient (Wildman–Crippen LogP) is 1.08. The van der Waals surface area contributed by atoms with Crippen LogP contribution < -0.4 is 5.73 Å². The number of aromatic nitrogens is 4. The lowest BCUT2D eigenvalue weighted by molar-refractivity contribution is 0.0705. The third-order valence-electron chi connectivity index (χ3n) is 2.65. The number of anilines is 1. The Kier molecular flexibility index (Phi) is 7.66. The van der Waals surface area contributed by atoms with E-state index in [0.717, 1.165) is 18.9 Å². The van der Waals surface area contributed by atoms with E-state index in [2.05, 4.69) is 15.4 Å². The van der Waals surface area contributed by atoms with Crippen molar-refractivity contribution in [3.05, 3.63) is 0 Å². The Hall–Kier alpha value is -1.03. The van der Waals surface area contributed by atoms with Crippen molar-refractivity contribution < 1.29 is 13.3 Å². The maximum absolute atomic E-state index is 5.79. The standard InChI is InChI=1S/C11H25N5O3Si/c1-4-17-20(18-5-2,19-6-3)10-8-7-9-16-14-11(12)13-15-16/h4-10H2,1-3H3,(H2,12,14). The molecule has 0 amide bonds. The van der Waals surface area contributed by atoms with E-state index >= 15 is 0 Å². The van der Waals surface area contributed by atoms with Gasteiger partial charge < -0.3 is 19.0 Å². The smallest absolute Gasteiger partial charge is 0.374 e. The molecule has 0 saturated heterocycles. The first-order valence-corrected chi connectivity index (χ1v) is 9.04. The predicted molar refractivity (Wildman–Crippen MR) is 76.9 cm³/mol. The van der Waals surface area contributed by atoms with Gasteiger partial charge in [0.05, 0.1) is 6.54 Å². The van der Waals surface area contributed by atoms with E-state index in [1.807, 2.05) is 20.8 Å². The molecule has 9 heteroatoms. The van der Waals surface area contributed by atoms with Crippen molar-refractivity contribution in [3.63, 3.8) is 0 Å². The quantitative estimate of drug-likeness (QED) is 0.482. The van der Waals surface area contributed by atoms with Crippen LogP contribution in [0.4, 0.5) is 5.95 Å².